The maximum Gasteiger partial charge on any atom is 0.139 e. The van der Waals surface area contributed by atoms with Crippen molar-refractivity contribution in [3.8, 4) is 0 Å². The van der Waals surface area contributed by atoms with Crippen LogP contribution in [0.3, 0.4) is 0 Å². The lowest BCUT2D eigenvalue weighted by molar-refractivity contribution is 0.669. The minimum Gasteiger partial charge on any atom is -0.0888 e. The molecular weight excluding hydrogens is 203 g/mol. The maximum atomic E-state index is 2.34. The molecule has 0 nitrogen and oxygen atoms in total. The van der Waals surface area contributed by atoms with Crippen LogP contribution in [0.25, 0.3) is 0 Å². The second-order valence-corrected chi connectivity index (χ2v) is 5.31. The molecule has 0 N–H and O–H groups in total. The SMILES string of the molecule is CC/C=C/CCCCCCB(CCC)CCC. The van der Waals surface area contributed by atoms with Crippen molar-refractivity contribution in [3.63, 3.8) is 0 Å². The molecule has 0 saturated carbocycles. The molecule has 0 spiro atoms. The minimum atomic E-state index is 1.02. The predicted molar refractivity (Wildman–Crippen MR) is 83.3 cm³/mol. The van der Waals surface area contributed by atoms with Gasteiger partial charge in [0.1, 0.15) is 6.71 Å². The molecular formula is C16H33B. The highest BCUT2D eigenvalue weighted by molar-refractivity contribution is 6.58. The zero-order valence-corrected chi connectivity index (χ0v) is 12.5. The van der Waals surface area contributed by atoms with Gasteiger partial charge in [0.05, 0.1) is 0 Å². The molecule has 0 radical (unpaired) electrons. The molecule has 0 aliphatic heterocycles. The number of unbranched alkanes of at least 4 members (excludes halogenated alkanes) is 4. The van der Waals surface area contributed by atoms with Gasteiger partial charge in [0.25, 0.3) is 0 Å². The van der Waals surface area contributed by atoms with Gasteiger partial charge < -0.3 is 0 Å². The monoisotopic (exact) mass is 236 g/mol. The lowest BCUT2D eigenvalue weighted by Crippen LogP contribution is -2.10. The van der Waals surface area contributed by atoms with E-state index in [1.165, 1.54) is 70.3 Å². The van der Waals surface area contributed by atoms with Gasteiger partial charge in [0, 0.05) is 0 Å². The van der Waals surface area contributed by atoms with E-state index in [4.69, 9.17) is 0 Å². The van der Waals surface area contributed by atoms with E-state index in [-0.39, 0.29) is 0 Å². The maximum absolute atomic E-state index is 2.34. The average molecular weight is 236 g/mol. The summed E-state index contributed by atoms with van der Waals surface area (Å²) in [5, 5.41) is 0. The van der Waals surface area contributed by atoms with Crippen molar-refractivity contribution >= 4 is 6.71 Å². The standard InChI is InChI=1S/C16H33B/c1-4-7-8-9-10-11-12-13-16-17(14-5-2)15-6-3/h7-8H,4-6,9-16H2,1-3H3/b8-7+. The summed E-state index contributed by atoms with van der Waals surface area (Å²) in [7, 11) is 0. The van der Waals surface area contributed by atoms with E-state index in [2.05, 4.69) is 32.9 Å². The molecule has 0 aromatic heterocycles. The molecule has 0 amide bonds. The van der Waals surface area contributed by atoms with Gasteiger partial charge in [-0.1, -0.05) is 84.0 Å². The third-order valence-electron chi connectivity index (χ3n) is 3.53. The van der Waals surface area contributed by atoms with E-state index in [1.807, 2.05) is 0 Å². The molecule has 0 aromatic carbocycles. The van der Waals surface area contributed by atoms with Crippen LogP contribution in [0.15, 0.2) is 12.2 Å². The van der Waals surface area contributed by atoms with Crippen LogP contribution >= 0.6 is 0 Å². The van der Waals surface area contributed by atoms with E-state index < -0.39 is 0 Å². The van der Waals surface area contributed by atoms with E-state index in [0.29, 0.717) is 0 Å². The summed E-state index contributed by atoms with van der Waals surface area (Å²) in [6.45, 7) is 7.87. The van der Waals surface area contributed by atoms with Gasteiger partial charge in [-0.25, -0.2) is 0 Å². The third kappa shape index (κ3) is 12.1. The van der Waals surface area contributed by atoms with Crippen molar-refractivity contribution < 1.29 is 0 Å². The van der Waals surface area contributed by atoms with Gasteiger partial charge in [0.15, 0.2) is 0 Å². The summed E-state index contributed by atoms with van der Waals surface area (Å²) in [6, 6.07) is 0. The van der Waals surface area contributed by atoms with Gasteiger partial charge in [0.2, 0.25) is 0 Å². The van der Waals surface area contributed by atoms with Gasteiger partial charge in [-0.2, -0.15) is 0 Å². The Morgan fingerprint density at radius 2 is 1.35 bits per heavy atom. The molecule has 0 unspecified atom stereocenters. The molecule has 0 rings (SSSR count). The fourth-order valence-corrected chi connectivity index (χ4v) is 2.58. The van der Waals surface area contributed by atoms with Crippen molar-refractivity contribution in [1.29, 1.82) is 0 Å². The Kier molecular flexibility index (Phi) is 13.7. The number of rotatable bonds is 12. The summed E-state index contributed by atoms with van der Waals surface area (Å²) in [6.07, 6.45) is 20.0. The first-order valence-corrected chi connectivity index (χ1v) is 8.00. The Balaban J connectivity index is 3.32. The van der Waals surface area contributed by atoms with Crippen LogP contribution in [-0.4, -0.2) is 6.71 Å². The van der Waals surface area contributed by atoms with Gasteiger partial charge >= 0.3 is 0 Å². The normalized spacial score (nSPS) is 11.2. The molecule has 17 heavy (non-hydrogen) atoms. The van der Waals surface area contributed by atoms with Crippen LogP contribution in [0.1, 0.15) is 72.1 Å². The van der Waals surface area contributed by atoms with E-state index in [0.717, 1.165) is 6.71 Å². The Bertz CT molecular complexity index is 157. The van der Waals surface area contributed by atoms with E-state index in [9.17, 15) is 0 Å². The smallest absolute Gasteiger partial charge is 0.0888 e. The predicted octanol–water partition coefficient (Wildman–Crippen LogP) is 6.22. The fraction of sp³-hybridized carbons (Fsp3) is 0.875. The minimum absolute atomic E-state index is 1.02. The third-order valence-corrected chi connectivity index (χ3v) is 3.53. The fourth-order valence-electron chi connectivity index (χ4n) is 2.58. The van der Waals surface area contributed by atoms with Crippen LogP contribution in [0.2, 0.25) is 19.0 Å². The van der Waals surface area contributed by atoms with Gasteiger partial charge in [-0.15, -0.1) is 0 Å². The molecule has 1 heteroatoms. The van der Waals surface area contributed by atoms with Crippen LogP contribution in [0.5, 0.6) is 0 Å². The highest BCUT2D eigenvalue weighted by atomic mass is 13.9. The quantitative estimate of drug-likeness (QED) is 0.214. The lowest BCUT2D eigenvalue weighted by atomic mass is 9.41. The first-order chi connectivity index (χ1) is 8.35. The molecule has 0 fully saturated rings. The Morgan fingerprint density at radius 3 is 1.94 bits per heavy atom. The van der Waals surface area contributed by atoms with Gasteiger partial charge in [-0.3, -0.25) is 0 Å². The van der Waals surface area contributed by atoms with Crippen molar-refractivity contribution in [2.24, 2.45) is 0 Å². The summed E-state index contributed by atoms with van der Waals surface area (Å²) in [5.74, 6) is 0. The number of hydrogen-bond donors (Lipinski definition) is 0. The highest BCUT2D eigenvalue weighted by Crippen LogP contribution is 2.15. The first kappa shape index (κ1) is 16.8. The average Bonchev–Trinajstić information content (AvgIpc) is 2.33. The molecule has 100 valence electrons. The van der Waals surface area contributed by atoms with Crippen molar-refractivity contribution in [1.82, 2.24) is 0 Å². The first-order valence-electron chi connectivity index (χ1n) is 8.00. The lowest BCUT2D eigenvalue weighted by Gasteiger charge is -2.10. The van der Waals surface area contributed by atoms with Crippen molar-refractivity contribution in [3.05, 3.63) is 12.2 Å². The van der Waals surface area contributed by atoms with Crippen molar-refractivity contribution in [2.45, 2.75) is 91.1 Å². The topological polar surface area (TPSA) is 0 Å². The van der Waals surface area contributed by atoms with E-state index >= 15 is 0 Å². The van der Waals surface area contributed by atoms with Crippen LogP contribution < -0.4 is 0 Å². The number of hydrogen-bond acceptors (Lipinski definition) is 0. The van der Waals surface area contributed by atoms with Crippen LogP contribution in [-0.2, 0) is 0 Å². The van der Waals surface area contributed by atoms with Crippen molar-refractivity contribution in [2.75, 3.05) is 0 Å². The molecule has 0 aliphatic rings. The summed E-state index contributed by atoms with van der Waals surface area (Å²) < 4.78 is 0. The molecule has 0 aliphatic carbocycles. The molecule has 0 heterocycles. The highest BCUT2D eigenvalue weighted by Gasteiger charge is 2.10. The Labute approximate surface area is 110 Å². The van der Waals surface area contributed by atoms with Crippen LogP contribution in [0, 0.1) is 0 Å². The zero-order chi connectivity index (χ0) is 12.8. The Hall–Kier alpha value is -0.195. The second kappa shape index (κ2) is 13.9. The zero-order valence-electron chi connectivity index (χ0n) is 12.5. The van der Waals surface area contributed by atoms with Crippen LogP contribution in [0.4, 0.5) is 0 Å². The summed E-state index contributed by atoms with van der Waals surface area (Å²) in [4.78, 5) is 0. The number of allylic oxidation sites excluding steroid dienone is 2. The molecule has 0 atom stereocenters. The molecule has 0 saturated heterocycles. The largest absolute Gasteiger partial charge is 0.139 e. The molecule has 0 bridgehead atoms. The summed E-state index contributed by atoms with van der Waals surface area (Å²) in [5.41, 5.74) is 0. The summed E-state index contributed by atoms with van der Waals surface area (Å²) >= 11 is 0. The van der Waals surface area contributed by atoms with Gasteiger partial charge in [-0.05, 0) is 19.3 Å². The van der Waals surface area contributed by atoms with E-state index in [1.54, 1.807) is 0 Å². The molecule has 0 aromatic rings. The Morgan fingerprint density at radius 1 is 0.706 bits per heavy atom. The second-order valence-electron chi connectivity index (χ2n) is 5.31.